The maximum Gasteiger partial charge on any atom is 0.328 e. The molecule has 1 saturated heterocycles. The molecule has 8 heteroatoms. The number of carbonyl (C=O) groups is 2. The number of benzene rings is 1. The molecule has 0 aliphatic carbocycles. The molecule has 0 atom stereocenters. The van der Waals surface area contributed by atoms with E-state index in [1.807, 2.05) is 0 Å². The van der Waals surface area contributed by atoms with Crippen molar-refractivity contribution in [1.29, 1.82) is 0 Å². The Kier molecular flexibility index (Phi) is 6.28. The van der Waals surface area contributed by atoms with Gasteiger partial charge in [-0.15, -0.1) is 0 Å². The van der Waals surface area contributed by atoms with Crippen LogP contribution in [0.5, 0.6) is 0 Å². The Bertz CT molecular complexity index is 735. The molecule has 3 N–H and O–H groups in total. The maximum absolute atomic E-state index is 9.55. The molecule has 0 radical (unpaired) electrons. The topological polar surface area (TPSA) is 103 Å². The van der Waals surface area contributed by atoms with E-state index in [0.717, 1.165) is 31.7 Å². The van der Waals surface area contributed by atoms with E-state index in [9.17, 15) is 9.59 Å². The average Bonchev–Trinajstić information content (AvgIpc) is 2.97. The van der Waals surface area contributed by atoms with Gasteiger partial charge in [0.25, 0.3) is 0 Å². The molecule has 1 fully saturated rings. The van der Waals surface area contributed by atoms with Crippen molar-refractivity contribution in [2.24, 2.45) is 0 Å². The van der Waals surface area contributed by atoms with E-state index >= 15 is 0 Å². The van der Waals surface area contributed by atoms with Crippen LogP contribution in [0, 0.1) is 6.92 Å². The molecule has 1 aromatic heterocycles. The van der Waals surface area contributed by atoms with Crippen molar-refractivity contribution in [3.63, 3.8) is 0 Å². The van der Waals surface area contributed by atoms with E-state index in [4.69, 9.17) is 15.2 Å². The predicted molar refractivity (Wildman–Crippen MR) is 93.9 cm³/mol. The lowest BCUT2D eigenvalue weighted by Gasteiger charge is -2.26. The average molecular weight is 349 g/mol. The summed E-state index contributed by atoms with van der Waals surface area (Å²) in [5.74, 6) is -2.51. The van der Waals surface area contributed by atoms with Crippen molar-refractivity contribution in [2.45, 2.75) is 6.92 Å². The number of rotatable bonds is 3. The number of carboxylic acids is 2. The van der Waals surface area contributed by atoms with Crippen molar-refractivity contribution >= 4 is 38.6 Å². The number of thiazole rings is 1. The highest BCUT2D eigenvalue weighted by atomic mass is 32.1. The number of hydrogen-bond acceptors (Lipinski definition) is 6. The smallest absolute Gasteiger partial charge is 0.328 e. The molecule has 2 heterocycles. The number of aliphatic carboxylic acids is 2. The summed E-state index contributed by atoms with van der Waals surface area (Å²) in [4.78, 5) is 26.2. The van der Waals surface area contributed by atoms with E-state index in [1.54, 1.807) is 11.3 Å². The summed E-state index contributed by atoms with van der Waals surface area (Å²) in [5.41, 5.74) is 2.42. The van der Waals surface area contributed by atoms with Crippen LogP contribution in [0.1, 0.15) is 5.56 Å². The minimum Gasteiger partial charge on any atom is -0.478 e. The third kappa shape index (κ3) is 5.32. The number of nitrogens with zero attached hydrogens (tertiary/aromatic N) is 2. The normalized spacial score (nSPS) is 14.5. The number of nitrogens with one attached hydrogen (secondary N) is 1. The molecule has 0 spiro atoms. The first kappa shape index (κ1) is 17.9. The van der Waals surface area contributed by atoms with Crippen molar-refractivity contribution in [1.82, 2.24) is 10.3 Å². The minimum atomic E-state index is -1.26. The zero-order valence-electron chi connectivity index (χ0n) is 13.2. The third-order valence-corrected chi connectivity index (χ3v) is 4.38. The van der Waals surface area contributed by atoms with E-state index < -0.39 is 11.9 Å². The Balaban J connectivity index is 0.000000224. The lowest BCUT2D eigenvalue weighted by molar-refractivity contribution is -0.134. The number of aryl methyl sites for hydroxylation is 1. The standard InChI is InChI=1S/C12H15N3S.C4H4O4/c1-9-2-3-11-10(8-9)14-12(16-11)15-6-4-13-5-7-15;5-3(6)1-2-4(7)8/h2-3,8,13H,4-7H2,1H3;1-2H,(H,5,6)(H,7,8). The largest absolute Gasteiger partial charge is 0.478 e. The molecule has 0 amide bonds. The van der Waals surface area contributed by atoms with Gasteiger partial charge in [0.05, 0.1) is 10.2 Å². The maximum atomic E-state index is 9.55. The molecule has 1 aromatic carbocycles. The predicted octanol–water partition coefficient (Wildman–Crippen LogP) is 1.73. The Hall–Kier alpha value is -2.45. The number of aromatic nitrogens is 1. The Morgan fingerprint density at radius 1 is 1.21 bits per heavy atom. The Labute approximate surface area is 143 Å². The van der Waals surface area contributed by atoms with Gasteiger partial charge >= 0.3 is 11.9 Å². The second-order valence-corrected chi connectivity index (χ2v) is 6.22. The first-order valence-corrected chi connectivity index (χ1v) is 8.24. The second-order valence-electron chi connectivity index (χ2n) is 5.21. The van der Waals surface area contributed by atoms with Gasteiger partial charge in [0.2, 0.25) is 0 Å². The summed E-state index contributed by atoms with van der Waals surface area (Å²) in [7, 11) is 0. The van der Waals surface area contributed by atoms with Gasteiger partial charge in [0, 0.05) is 38.3 Å². The Morgan fingerprint density at radius 3 is 2.42 bits per heavy atom. The number of anilines is 1. The molecule has 7 nitrogen and oxygen atoms in total. The van der Waals surface area contributed by atoms with Crippen LogP contribution in [0.3, 0.4) is 0 Å². The van der Waals surface area contributed by atoms with Gasteiger partial charge in [-0.25, -0.2) is 14.6 Å². The molecule has 3 rings (SSSR count). The molecule has 1 aliphatic heterocycles. The fourth-order valence-corrected chi connectivity index (χ4v) is 3.16. The second kappa shape index (κ2) is 8.42. The van der Waals surface area contributed by atoms with Gasteiger partial charge in [-0.2, -0.15) is 0 Å². The first-order valence-electron chi connectivity index (χ1n) is 7.42. The van der Waals surface area contributed by atoms with Crippen LogP contribution in [0.25, 0.3) is 10.2 Å². The van der Waals surface area contributed by atoms with Crippen LogP contribution in [-0.2, 0) is 9.59 Å². The van der Waals surface area contributed by atoms with E-state index in [1.165, 1.54) is 15.4 Å². The van der Waals surface area contributed by atoms with Gasteiger partial charge in [0.1, 0.15) is 0 Å². The SMILES string of the molecule is Cc1ccc2sc(N3CCNCC3)nc2c1.O=C(O)C=CC(=O)O. The van der Waals surface area contributed by atoms with Gasteiger partial charge in [-0.1, -0.05) is 17.4 Å². The molecule has 1 aliphatic rings. The summed E-state index contributed by atoms with van der Waals surface area (Å²) in [6.45, 7) is 6.38. The minimum absolute atomic E-state index is 0.558. The summed E-state index contributed by atoms with van der Waals surface area (Å²) in [6.07, 6.45) is 1.12. The van der Waals surface area contributed by atoms with Crippen molar-refractivity contribution < 1.29 is 19.8 Å². The van der Waals surface area contributed by atoms with Crippen LogP contribution < -0.4 is 10.2 Å². The summed E-state index contributed by atoms with van der Waals surface area (Å²) in [5, 5.41) is 20.2. The highest BCUT2D eigenvalue weighted by Crippen LogP contribution is 2.29. The van der Waals surface area contributed by atoms with Crippen molar-refractivity contribution in [2.75, 3.05) is 31.1 Å². The fourth-order valence-electron chi connectivity index (χ4n) is 2.16. The molecular weight excluding hydrogens is 330 g/mol. The van der Waals surface area contributed by atoms with Crippen LogP contribution in [0.2, 0.25) is 0 Å². The molecule has 128 valence electrons. The number of fused-ring (bicyclic) bond motifs is 1. The van der Waals surface area contributed by atoms with Crippen LogP contribution in [-0.4, -0.2) is 53.3 Å². The van der Waals surface area contributed by atoms with E-state index in [2.05, 4.69) is 35.3 Å². The monoisotopic (exact) mass is 349 g/mol. The summed E-state index contributed by atoms with van der Waals surface area (Å²) >= 11 is 1.80. The van der Waals surface area contributed by atoms with Crippen molar-refractivity contribution in [3.8, 4) is 0 Å². The molecule has 0 bridgehead atoms. The third-order valence-electron chi connectivity index (χ3n) is 3.29. The van der Waals surface area contributed by atoms with Crippen LogP contribution in [0.4, 0.5) is 5.13 Å². The van der Waals surface area contributed by atoms with Gasteiger partial charge < -0.3 is 20.4 Å². The van der Waals surface area contributed by atoms with Gasteiger partial charge in [-0.05, 0) is 24.6 Å². The lowest BCUT2D eigenvalue weighted by atomic mass is 10.2. The van der Waals surface area contributed by atoms with E-state index in [0.29, 0.717) is 12.2 Å². The van der Waals surface area contributed by atoms with Crippen LogP contribution >= 0.6 is 11.3 Å². The van der Waals surface area contributed by atoms with Gasteiger partial charge in [-0.3, -0.25) is 0 Å². The molecule has 0 unspecified atom stereocenters. The number of carboxylic acid groups (broad SMARTS) is 2. The number of hydrogen-bond donors (Lipinski definition) is 3. The van der Waals surface area contributed by atoms with E-state index in [-0.39, 0.29) is 0 Å². The Morgan fingerprint density at radius 2 is 1.83 bits per heavy atom. The highest BCUT2D eigenvalue weighted by Gasteiger charge is 2.14. The van der Waals surface area contributed by atoms with Gasteiger partial charge in [0.15, 0.2) is 5.13 Å². The molecule has 0 saturated carbocycles. The summed E-state index contributed by atoms with van der Waals surface area (Å²) < 4.78 is 1.29. The first-order chi connectivity index (χ1) is 11.5. The summed E-state index contributed by atoms with van der Waals surface area (Å²) in [6, 6.07) is 6.49. The molecule has 24 heavy (non-hydrogen) atoms. The molecular formula is C16H19N3O4S. The highest BCUT2D eigenvalue weighted by molar-refractivity contribution is 7.22. The number of piperazine rings is 1. The zero-order chi connectivity index (χ0) is 17.5. The molecule has 2 aromatic rings. The zero-order valence-corrected chi connectivity index (χ0v) is 14.0. The quantitative estimate of drug-likeness (QED) is 0.725. The van der Waals surface area contributed by atoms with Crippen LogP contribution in [0.15, 0.2) is 30.4 Å². The van der Waals surface area contributed by atoms with Crippen molar-refractivity contribution in [3.05, 3.63) is 35.9 Å². The fraction of sp³-hybridized carbons (Fsp3) is 0.312. The lowest BCUT2D eigenvalue weighted by Crippen LogP contribution is -2.43.